The number of aryl methyl sites for hydroxylation is 1. The number of ether oxygens (including phenoxy) is 1. The average molecular weight is 191 g/mol. The summed E-state index contributed by atoms with van der Waals surface area (Å²) in [4.78, 5) is 0. The molecule has 76 valence electrons. The third kappa shape index (κ3) is 1.84. The lowest BCUT2D eigenvalue weighted by Gasteiger charge is -2.15. The lowest BCUT2D eigenvalue weighted by Crippen LogP contribution is -2.12. The first-order valence-electron chi connectivity index (χ1n) is 5.29. The molecule has 0 heterocycles. The van der Waals surface area contributed by atoms with Crippen molar-refractivity contribution in [1.29, 1.82) is 0 Å². The zero-order valence-electron chi connectivity index (χ0n) is 8.62. The molecule has 2 heteroatoms. The number of nitrogen functional groups attached to an aromatic ring is 1. The van der Waals surface area contributed by atoms with Gasteiger partial charge in [-0.15, -0.1) is 0 Å². The van der Waals surface area contributed by atoms with Crippen molar-refractivity contribution in [2.24, 2.45) is 0 Å². The van der Waals surface area contributed by atoms with Crippen LogP contribution in [0.3, 0.4) is 0 Å². The Morgan fingerprint density at radius 3 is 2.71 bits per heavy atom. The van der Waals surface area contributed by atoms with Gasteiger partial charge in [-0.25, -0.2) is 0 Å². The van der Waals surface area contributed by atoms with Crippen LogP contribution in [0.2, 0.25) is 0 Å². The summed E-state index contributed by atoms with van der Waals surface area (Å²) in [5.41, 5.74) is 7.82. The maximum atomic E-state index is 5.94. The Hall–Kier alpha value is -1.18. The molecule has 2 N–H and O–H groups in total. The zero-order valence-corrected chi connectivity index (χ0v) is 8.62. The highest BCUT2D eigenvalue weighted by atomic mass is 16.5. The maximum Gasteiger partial charge on any atom is 0.142 e. The number of hydrogen-bond donors (Lipinski definition) is 1. The van der Waals surface area contributed by atoms with E-state index in [1.54, 1.807) is 0 Å². The van der Waals surface area contributed by atoms with E-state index in [1.807, 2.05) is 25.1 Å². The van der Waals surface area contributed by atoms with Crippen LogP contribution in [0.15, 0.2) is 18.2 Å². The number of rotatable bonds is 2. The molecule has 1 aliphatic rings. The van der Waals surface area contributed by atoms with Crippen molar-refractivity contribution in [2.45, 2.75) is 38.7 Å². The van der Waals surface area contributed by atoms with Crippen LogP contribution in [0.5, 0.6) is 5.75 Å². The van der Waals surface area contributed by atoms with Crippen molar-refractivity contribution in [3.63, 3.8) is 0 Å². The number of benzene rings is 1. The average Bonchev–Trinajstić information content (AvgIpc) is 2.66. The predicted molar refractivity (Wildman–Crippen MR) is 58.5 cm³/mol. The molecule has 0 unspecified atom stereocenters. The molecular weight excluding hydrogens is 174 g/mol. The molecular formula is C12H17NO. The van der Waals surface area contributed by atoms with Crippen LogP contribution in [0, 0.1) is 6.92 Å². The lowest BCUT2D eigenvalue weighted by molar-refractivity contribution is 0.211. The second-order valence-electron chi connectivity index (χ2n) is 4.01. The van der Waals surface area contributed by atoms with E-state index in [2.05, 4.69) is 0 Å². The number of anilines is 1. The van der Waals surface area contributed by atoms with Crippen molar-refractivity contribution in [1.82, 2.24) is 0 Å². The first kappa shape index (κ1) is 9.38. The number of nitrogens with two attached hydrogens (primary N) is 1. The minimum atomic E-state index is 0.388. The van der Waals surface area contributed by atoms with E-state index in [9.17, 15) is 0 Å². The van der Waals surface area contributed by atoms with Gasteiger partial charge in [0.1, 0.15) is 5.75 Å². The molecule has 0 atom stereocenters. The number of hydrogen-bond acceptors (Lipinski definition) is 2. The Morgan fingerprint density at radius 1 is 1.29 bits per heavy atom. The van der Waals surface area contributed by atoms with Crippen molar-refractivity contribution in [3.8, 4) is 5.75 Å². The van der Waals surface area contributed by atoms with E-state index >= 15 is 0 Å². The monoisotopic (exact) mass is 191 g/mol. The van der Waals surface area contributed by atoms with Crippen LogP contribution >= 0.6 is 0 Å². The summed E-state index contributed by atoms with van der Waals surface area (Å²) in [5.74, 6) is 0.858. The SMILES string of the molecule is Cc1cccc(OC2CCCC2)c1N. The molecule has 0 saturated heterocycles. The largest absolute Gasteiger partial charge is 0.488 e. The summed E-state index contributed by atoms with van der Waals surface area (Å²) < 4.78 is 5.86. The van der Waals surface area contributed by atoms with Gasteiger partial charge in [0.2, 0.25) is 0 Å². The van der Waals surface area contributed by atoms with Gasteiger partial charge in [0.05, 0.1) is 11.8 Å². The quantitative estimate of drug-likeness (QED) is 0.729. The molecule has 1 fully saturated rings. The van der Waals surface area contributed by atoms with Crippen LogP contribution < -0.4 is 10.5 Å². The van der Waals surface area contributed by atoms with E-state index < -0.39 is 0 Å². The topological polar surface area (TPSA) is 35.2 Å². The van der Waals surface area contributed by atoms with E-state index in [0.29, 0.717) is 6.10 Å². The molecule has 1 saturated carbocycles. The smallest absolute Gasteiger partial charge is 0.142 e. The molecule has 0 amide bonds. The lowest BCUT2D eigenvalue weighted by atomic mass is 10.2. The third-order valence-electron chi connectivity index (χ3n) is 2.88. The van der Waals surface area contributed by atoms with Gasteiger partial charge in [-0.3, -0.25) is 0 Å². The summed E-state index contributed by atoms with van der Waals surface area (Å²) in [6.45, 7) is 2.01. The highest BCUT2D eigenvalue weighted by Crippen LogP contribution is 2.29. The highest BCUT2D eigenvalue weighted by molar-refractivity contribution is 5.57. The van der Waals surface area contributed by atoms with E-state index in [0.717, 1.165) is 17.0 Å². The van der Waals surface area contributed by atoms with Gasteiger partial charge in [0.15, 0.2) is 0 Å². The Labute approximate surface area is 85.1 Å². The first-order valence-corrected chi connectivity index (χ1v) is 5.29. The fraction of sp³-hybridized carbons (Fsp3) is 0.500. The summed E-state index contributed by atoms with van der Waals surface area (Å²) in [7, 11) is 0. The van der Waals surface area contributed by atoms with E-state index in [4.69, 9.17) is 10.5 Å². The Bertz CT molecular complexity index is 316. The molecule has 0 radical (unpaired) electrons. The molecule has 0 spiro atoms. The van der Waals surface area contributed by atoms with Gasteiger partial charge in [-0.1, -0.05) is 12.1 Å². The molecule has 0 aromatic heterocycles. The standard InChI is InChI=1S/C12H17NO/c1-9-5-4-8-11(12(9)13)14-10-6-2-3-7-10/h4-5,8,10H,2-3,6-7,13H2,1H3. The predicted octanol–water partition coefficient (Wildman–Crippen LogP) is 2.90. The fourth-order valence-corrected chi connectivity index (χ4v) is 1.94. The van der Waals surface area contributed by atoms with Crippen molar-refractivity contribution in [2.75, 3.05) is 5.73 Å². The third-order valence-corrected chi connectivity index (χ3v) is 2.88. The van der Waals surface area contributed by atoms with E-state index in [-0.39, 0.29) is 0 Å². The van der Waals surface area contributed by atoms with Gasteiger partial charge in [0, 0.05) is 0 Å². The summed E-state index contributed by atoms with van der Waals surface area (Å²) in [6.07, 6.45) is 5.31. The fourth-order valence-electron chi connectivity index (χ4n) is 1.94. The molecule has 14 heavy (non-hydrogen) atoms. The normalized spacial score (nSPS) is 17.2. The molecule has 2 nitrogen and oxygen atoms in total. The van der Waals surface area contributed by atoms with Crippen LogP contribution in [-0.4, -0.2) is 6.10 Å². The van der Waals surface area contributed by atoms with Gasteiger partial charge in [0.25, 0.3) is 0 Å². The minimum absolute atomic E-state index is 0.388. The van der Waals surface area contributed by atoms with Crippen LogP contribution in [-0.2, 0) is 0 Å². The molecule has 0 bridgehead atoms. The van der Waals surface area contributed by atoms with Gasteiger partial charge in [-0.05, 0) is 44.2 Å². The van der Waals surface area contributed by atoms with E-state index in [1.165, 1.54) is 25.7 Å². The maximum absolute atomic E-state index is 5.94. The molecule has 1 aromatic rings. The summed E-state index contributed by atoms with van der Waals surface area (Å²) in [5, 5.41) is 0. The van der Waals surface area contributed by atoms with Gasteiger partial charge in [-0.2, -0.15) is 0 Å². The number of para-hydroxylation sites is 1. The van der Waals surface area contributed by atoms with Crippen LogP contribution in [0.1, 0.15) is 31.2 Å². The molecule has 1 aromatic carbocycles. The van der Waals surface area contributed by atoms with Crippen molar-refractivity contribution >= 4 is 5.69 Å². The Kier molecular flexibility index (Phi) is 2.62. The highest BCUT2D eigenvalue weighted by Gasteiger charge is 2.17. The second kappa shape index (κ2) is 3.91. The van der Waals surface area contributed by atoms with Crippen molar-refractivity contribution < 1.29 is 4.74 Å². The van der Waals surface area contributed by atoms with Gasteiger partial charge >= 0.3 is 0 Å². The molecule has 0 aliphatic heterocycles. The Balaban J connectivity index is 2.11. The molecule has 2 rings (SSSR count). The summed E-state index contributed by atoms with van der Waals surface area (Å²) in [6, 6.07) is 5.97. The minimum Gasteiger partial charge on any atom is -0.488 e. The van der Waals surface area contributed by atoms with Gasteiger partial charge < -0.3 is 10.5 Å². The second-order valence-corrected chi connectivity index (χ2v) is 4.01. The molecule has 1 aliphatic carbocycles. The van der Waals surface area contributed by atoms with Crippen LogP contribution in [0.4, 0.5) is 5.69 Å². The summed E-state index contributed by atoms with van der Waals surface area (Å²) >= 11 is 0. The zero-order chi connectivity index (χ0) is 9.97. The first-order chi connectivity index (χ1) is 6.77. The van der Waals surface area contributed by atoms with Crippen LogP contribution in [0.25, 0.3) is 0 Å². The Morgan fingerprint density at radius 2 is 2.00 bits per heavy atom. The van der Waals surface area contributed by atoms with Crippen molar-refractivity contribution in [3.05, 3.63) is 23.8 Å².